The van der Waals surface area contributed by atoms with E-state index in [1.165, 1.54) is 7.11 Å². The summed E-state index contributed by atoms with van der Waals surface area (Å²) in [4.78, 5) is 33.2. The summed E-state index contributed by atoms with van der Waals surface area (Å²) in [5.41, 5.74) is 1.09. The quantitative estimate of drug-likeness (QED) is 0.611. The van der Waals surface area contributed by atoms with Gasteiger partial charge in [0.05, 0.1) is 0 Å². The molecule has 168 valence electrons. The van der Waals surface area contributed by atoms with Crippen molar-refractivity contribution >= 4 is 11.8 Å². The van der Waals surface area contributed by atoms with Crippen molar-refractivity contribution in [1.82, 2.24) is 19.4 Å². The predicted octanol–water partition coefficient (Wildman–Crippen LogP) is 2.04. The first kappa shape index (κ1) is 22.8. The molecule has 0 unspecified atom stereocenters. The molecule has 0 aliphatic carbocycles. The highest BCUT2D eigenvalue weighted by Crippen LogP contribution is 2.18. The maximum Gasteiger partial charge on any atom is 0.260 e. The number of nitrogens with zero attached hydrogens (tertiary/aromatic N) is 4. The van der Waals surface area contributed by atoms with Gasteiger partial charge in [0.2, 0.25) is 5.91 Å². The highest BCUT2D eigenvalue weighted by atomic mass is 16.5. The number of aromatic nitrogens is 2. The summed E-state index contributed by atoms with van der Waals surface area (Å²) in [6.07, 6.45) is 5.17. The normalized spacial score (nSPS) is 14.5. The molecule has 0 spiro atoms. The number of likely N-dealkylation sites (tertiary alicyclic amines) is 1. The monoisotopic (exact) mass is 428 g/mol. The van der Waals surface area contributed by atoms with Gasteiger partial charge < -0.3 is 23.8 Å². The molecular weight excluding hydrogens is 396 g/mol. The number of carbonyl (C=O) groups is 2. The van der Waals surface area contributed by atoms with Gasteiger partial charge in [-0.05, 0) is 44.4 Å². The van der Waals surface area contributed by atoms with Crippen LogP contribution in [0.4, 0.5) is 0 Å². The zero-order valence-electron chi connectivity index (χ0n) is 18.6. The summed E-state index contributed by atoms with van der Waals surface area (Å²) in [6.45, 7) is 6.53. The predicted molar refractivity (Wildman–Crippen MR) is 117 cm³/mol. The molecule has 1 aromatic heterocycles. The van der Waals surface area contributed by atoms with Crippen LogP contribution in [0, 0.1) is 13.8 Å². The van der Waals surface area contributed by atoms with Crippen LogP contribution in [-0.2, 0) is 20.9 Å². The summed E-state index contributed by atoms with van der Waals surface area (Å²) in [6, 6.07) is 7.77. The molecule has 0 saturated carbocycles. The van der Waals surface area contributed by atoms with Crippen LogP contribution in [0.5, 0.6) is 5.75 Å². The van der Waals surface area contributed by atoms with Gasteiger partial charge in [0, 0.05) is 51.7 Å². The highest BCUT2D eigenvalue weighted by Gasteiger charge is 2.29. The lowest BCUT2D eigenvalue weighted by molar-refractivity contribution is -0.140. The number of benzene rings is 1. The van der Waals surface area contributed by atoms with Crippen molar-refractivity contribution in [2.45, 2.75) is 39.3 Å². The smallest absolute Gasteiger partial charge is 0.260 e. The van der Waals surface area contributed by atoms with Crippen LogP contribution in [0.3, 0.4) is 0 Å². The number of piperidine rings is 1. The Kier molecular flexibility index (Phi) is 8.06. The number of hydrogen-bond acceptors (Lipinski definition) is 5. The fourth-order valence-electron chi connectivity index (χ4n) is 3.94. The Balaban J connectivity index is 1.52. The van der Waals surface area contributed by atoms with Crippen LogP contribution in [0.15, 0.2) is 36.7 Å². The molecule has 0 radical (unpaired) electrons. The van der Waals surface area contributed by atoms with Crippen LogP contribution in [0.25, 0.3) is 0 Å². The molecule has 1 aliphatic rings. The fraction of sp³-hybridized carbons (Fsp3) is 0.522. The lowest BCUT2D eigenvalue weighted by Crippen LogP contribution is -2.51. The van der Waals surface area contributed by atoms with Crippen molar-refractivity contribution in [3.63, 3.8) is 0 Å². The van der Waals surface area contributed by atoms with E-state index in [-0.39, 0.29) is 31.1 Å². The number of methoxy groups -OCH3 is 1. The molecule has 0 atom stereocenters. The first-order valence-electron chi connectivity index (χ1n) is 10.7. The van der Waals surface area contributed by atoms with Crippen molar-refractivity contribution in [2.75, 3.05) is 40.0 Å². The van der Waals surface area contributed by atoms with Crippen molar-refractivity contribution in [3.05, 3.63) is 48.0 Å². The second-order valence-corrected chi connectivity index (χ2v) is 7.91. The van der Waals surface area contributed by atoms with E-state index in [0.29, 0.717) is 31.9 Å². The van der Waals surface area contributed by atoms with Crippen LogP contribution in [-0.4, -0.2) is 77.2 Å². The lowest BCUT2D eigenvalue weighted by atomic mass is 10.0. The third-order valence-corrected chi connectivity index (χ3v) is 5.70. The van der Waals surface area contributed by atoms with Gasteiger partial charge in [-0.25, -0.2) is 4.98 Å². The van der Waals surface area contributed by atoms with Gasteiger partial charge in [0.25, 0.3) is 5.91 Å². The minimum Gasteiger partial charge on any atom is -0.484 e. The molecule has 2 heterocycles. The van der Waals surface area contributed by atoms with Crippen LogP contribution in [0.1, 0.15) is 24.2 Å². The molecule has 31 heavy (non-hydrogen) atoms. The van der Waals surface area contributed by atoms with Gasteiger partial charge in [-0.2, -0.15) is 0 Å². The van der Waals surface area contributed by atoms with E-state index in [0.717, 1.165) is 24.2 Å². The van der Waals surface area contributed by atoms with E-state index in [1.54, 1.807) is 6.20 Å². The molecule has 3 rings (SSSR count). The molecule has 1 aliphatic heterocycles. The largest absolute Gasteiger partial charge is 0.484 e. The summed E-state index contributed by atoms with van der Waals surface area (Å²) in [5, 5.41) is 0. The van der Waals surface area contributed by atoms with E-state index in [4.69, 9.17) is 9.47 Å². The molecule has 0 N–H and O–H groups in total. The standard InChI is InChI=1S/C23H32N4O4/c1-18-5-4-6-21(15-18)31-17-22(28)26-10-7-20(8-11-26)27(23(29)16-30-3)14-13-25-12-9-24-19(25)2/h4-6,9,12,15,20H,7-8,10-11,13-14,16-17H2,1-3H3. The zero-order chi connectivity index (χ0) is 22.2. The zero-order valence-corrected chi connectivity index (χ0v) is 18.6. The second-order valence-electron chi connectivity index (χ2n) is 7.91. The molecule has 2 amide bonds. The van der Waals surface area contributed by atoms with Crippen molar-refractivity contribution < 1.29 is 19.1 Å². The Morgan fingerprint density at radius 3 is 2.61 bits per heavy atom. The fourth-order valence-corrected chi connectivity index (χ4v) is 3.94. The first-order chi connectivity index (χ1) is 15.0. The third-order valence-electron chi connectivity index (χ3n) is 5.70. The van der Waals surface area contributed by atoms with Gasteiger partial charge in [-0.15, -0.1) is 0 Å². The minimum atomic E-state index is -0.0243. The van der Waals surface area contributed by atoms with Gasteiger partial charge >= 0.3 is 0 Å². The van der Waals surface area contributed by atoms with Gasteiger partial charge in [-0.1, -0.05) is 12.1 Å². The number of rotatable bonds is 9. The van der Waals surface area contributed by atoms with Crippen molar-refractivity contribution in [3.8, 4) is 5.75 Å². The summed E-state index contributed by atoms with van der Waals surface area (Å²) in [5.74, 6) is 1.58. The Morgan fingerprint density at radius 1 is 1.19 bits per heavy atom. The van der Waals surface area contributed by atoms with Crippen LogP contribution >= 0.6 is 0 Å². The third kappa shape index (κ3) is 6.30. The van der Waals surface area contributed by atoms with Gasteiger partial charge in [-0.3, -0.25) is 9.59 Å². The minimum absolute atomic E-state index is 0.0205. The van der Waals surface area contributed by atoms with E-state index >= 15 is 0 Å². The highest BCUT2D eigenvalue weighted by molar-refractivity contribution is 5.79. The summed E-state index contributed by atoms with van der Waals surface area (Å²) in [7, 11) is 1.53. The number of aryl methyl sites for hydroxylation is 2. The molecular formula is C23H32N4O4. The van der Waals surface area contributed by atoms with Crippen molar-refractivity contribution in [2.24, 2.45) is 0 Å². The van der Waals surface area contributed by atoms with E-state index in [2.05, 4.69) is 4.98 Å². The molecule has 1 saturated heterocycles. The van der Waals surface area contributed by atoms with E-state index in [1.807, 2.05) is 58.7 Å². The average molecular weight is 429 g/mol. The molecule has 8 heteroatoms. The molecule has 0 bridgehead atoms. The maximum absolute atomic E-state index is 12.7. The number of amides is 2. The topological polar surface area (TPSA) is 76.9 Å². The molecule has 2 aromatic rings. The Bertz CT molecular complexity index is 874. The number of hydrogen-bond donors (Lipinski definition) is 0. The van der Waals surface area contributed by atoms with E-state index in [9.17, 15) is 9.59 Å². The second kappa shape index (κ2) is 10.9. The number of carbonyl (C=O) groups excluding carboxylic acids is 2. The van der Waals surface area contributed by atoms with Gasteiger partial charge in [0.1, 0.15) is 18.2 Å². The Hall–Kier alpha value is -2.87. The Morgan fingerprint density at radius 2 is 1.97 bits per heavy atom. The van der Waals surface area contributed by atoms with Gasteiger partial charge in [0.15, 0.2) is 6.61 Å². The average Bonchev–Trinajstić information content (AvgIpc) is 3.17. The Labute approximate surface area is 183 Å². The maximum atomic E-state index is 12.7. The first-order valence-corrected chi connectivity index (χ1v) is 10.7. The number of imidazole rings is 1. The number of ether oxygens (including phenoxy) is 2. The van der Waals surface area contributed by atoms with Crippen molar-refractivity contribution in [1.29, 1.82) is 0 Å². The van der Waals surface area contributed by atoms with Crippen LogP contribution < -0.4 is 4.74 Å². The summed E-state index contributed by atoms with van der Waals surface area (Å²) >= 11 is 0. The molecule has 1 fully saturated rings. The SMILES string of the molecule is COCC(=O)N(CCn1ccnc1C)C1CCN(C(=O)COc2cccc(C)c2)CC1. The van der Waals surface area contributed by atoms with E-state index < -0.39 is 0 Å². The molecule has 8 nitrogen and oxygen atoms in total. The molecule has 1 aromatic carbocycles. The van der Waals surface area contributed by atoms with Crippen LogP contribution in [0.2, 0.25) is 0 Å². The lowest BCUT2D eigenvalue weighted by Gasteiger charge is -2.38. The summed E-state index contributed by atoms with van der Waals surface area (Å²) < 4.78 is 12.8.